The summed E-state index contributed by atoms with van der Waals surface area (Å²) < 4.78 is 3.95. The molecule has 0 fully saturated rings. The molecule has 1 heterocycles. The van der Waals surface area contributed by atoms with Crippen LogP contribution in [0.1, 0.15) is 33.4 Å². The minimum atomic E-state index is 0.472. The van der Waals surface area contributed by atoms with Crippen molar-refractivity contribution in [1.82, 2.24) is 9.13 Å². The summed E-state index contributed by atoms with van der Waals surface area (Å²) in [4.78, 5) is 0. The van der Waals surface area contributed by atoms with Crippen molar-refractivity contribution >= 4 is 0 Å². The molecule has 124 valence electrons. The fraction of sp³-hybridized carbons (Fsp3) is 0.286. The van der Waals surface area contributed by atoms with Gasteiger partial charge in [0.25, 0.3) is 0 Å². The van der Waals surface area contributed by atoms with Gasteiger partial charge in [-0.25, -0.2) is 0 Å². The van der Waals surface area contributed by atoms with E-state index in [0.29, 0.717) is 5.62 Å². The van der Waals surface area contributed by atoms with Crippen molar-refractivity contribution in [3.63, 3.8) is 0 Å². The summed E-state index contributed by atoms with van der Waals surface area (Å²) in [5.41, 5.74) is 9.97. The maximum Gasteiger partial charge on any atom is 0.211 e. The van der Waals surface area contributed by atoms with Crippen LogP contribution in [0.2, 0.25) is 0 Å². The van der Waals surface area contributed by atoms with E-state index >= 15 is 0 Å². The van der Waals surface area contributed by atoms with Crippen LogP contribution in [0.5, 0.6) is 0 Å². The van der Waals surface area contributed by atoms with Gasteiger partial charge in [0.2, 0.25) is 5.62 Å². The van der Waals surface area contributed by atoms with Crippen molar-refractivity contribution in [2.24, 2.45) is 0 Å². The molecule has 0 spiro atoms. The van der Waals surface area contributed by atoms with E-state index in [9.17, 15) is 0 Å². The zero-order valence-electron chi connectivity index (χ0n) is 15.4. The molecule has 0 amide bonds. The lowest BCUT2D eigenvalue weighted by Crippen LogP contribution is -2.24. The van der Waals surface area contributed by atoms with Gasteiger partial charge in [-0.15, -0.1) is 0 Å². The Balaban J connectivity index is 2.24. The molecule has 2 aromatic carbocycles. The topological polar surface area (TPSA) is 33.7 Å². The predicted molar refractivity (Wildman–Crippen MR) is 99.4 cm³/mol. The number of nitrogens with zero attached hydrogens (tertiary/aromatic N) is 2. The first-order chi connectivity index (χ1) is 11.3. The van der Waals surface area contributed by atoms with Gasteiger partial charge in [-0.2, -0.15) is 0 Å². The molecule has 0 aliphatic carbocycles. The maximum absolute atomic E-state index is 8.72. The normalized spacial score (nSPS) is 11.1. The zero-order valence-corrected chi connectivity index (χ0v) is 15.4. The fourth-order valence-corrected chi connectivity index (χ4v) is 3.86. The largest absolute Gasteiger partial charge is 0.286 e. The summed E-state index contributed by atoms with van der Waals surface area (Å²) >= 11 is 0. The van der Waals surface area contributed by atoms with Crippen molar-refractivity contribution in [3.8, 4) is 11.4 Å². The van der Waals surface area contributed by atoms with Crippen LogP contribution in [0.4, 0.5) is 0 Å². The molecular weight excluding hydrogens is 294 g/mol. The van der Waals surface area contributed by atoms with Gasteiger partial charge in [0.1, 0.15) is 0 Å². The van der Waals surface area contributed by atoms with E-state index in [0.717, 1.165) is 11.4 Å². The molecule has 3 aromatic rings. The number of hydrogen-bond acceptors (Lipinski definition) is 1. The number of imidazole rings is 1. The number of nitrogens with one attached hydrogen (secondary N) is 1. The van der Waals surface area contributed by atoms with Crippen molar-refractivity contribution in [2.75, 3.05) is 0 Å². The highest BCUT2D eigenvalue weighted by Crippen LogP contribution is 2.22. The second-order valence-corrected chi connectivity index (χ2v) is 6.86. The lowest BCUT2D eigenvalue weighted by atomic mass is 10.0. The minimum absolute atomic E-state index is 0.472. The molecule has 3 heteroatoms. The van der Waals surface area contributed by atoms with Gasteiger partial charge in [0, 0.05) is 12.4 Å². The summed E-state index contributed by atoms with van der Waals surface area (Å²) in [5, 5.41) is 8.72. The van der Waals surface area contributed by atoms with Gasteiger partial charge < -0.3 is 0 Å². The van der Waals surface area contributed by atoms with E-state index in [-0.39, 0.29) is 0 Å². The number of hydrogen-bond donors (Lipinski definition) is 1. The third-order valence-corrected chi connectivity index (χ3v) is 4.57. The SMILES string of the molecule is Cc1cc(C)c(-n2ccn(-c3c(C)cc(C)cc3C)c2=N)c(C)c1. The predicted octanol–water partition coefficient (Wildman–Crippen LogP) is 4.60. The van der Waals surface area contributed by atoms with Crippen LogP contribution in [0, 0.1) is 47.0 Å². The summed E-state index contributed by atoms with van der Waals surface area (Å²) in [5.74, 6) is 0. The monoisotopic (exact) mass is 319 g/mol. The fourth-order valence-electron chi connectivity index (χ4n) is 3.86. The Labute approximate surface area is 143 Å². The van der Waals surface area contributed by atoms with Gasteiger partial charge in [0.05, 0.1) is 11.4 Å². The highest BCUT2D eigenvalue weighted by atomic mass is 15.2. The zero-order chi connectivity index (χ0) is 17.6. The van der Waals surface area contributed by atoms with Crippen LogP contribution in [0.15, 0.2) is 36.7 Å². The van der Waals surface area contributed by atoms with Gasteiger partial charge in [-0.3, -0.25) is 14.5 Å². The average molecular weight is 319 g/mol. The van der Waals surface area contributed by atoms with E-state index in [1.165, 1.54) is 33.4 Å². The minimum Gasteiger partial charge on any atom is -0.286 e. The Kier molecular flexibility index (Phi) is 3.96. The first-order valence-corrected chi connectivity index (χ1v) is 8.30. The summed E-state index contributed by atoms with van der Waals surface area (Å²) in [6, 6.07) is 8.70. The second kappa shape index (κ2) is 5.82. The molecule has 24 heavy (non-hydrogen) atoms. The van der Waals surface area contributed by atoms with Crippen LogP contribution in [0.3, 0.4) is 0 Å². The number of aromatic nitrogens is 2. The first-order valence-electron chi connectivity index (χ1n) is 8.30. The Bertz CT molecular complexity index is 863. The van der Waals surface area contributed by atoms with Gasteiger partial charge >= 0.3 is 0 Å². The number of aryl methyl sites for hydroxylation is 6. The van der Waals surface area contributed by atoms with E-state index in [4.69, 9.17) is 5.41 Å². The summed E-state index contributed by atoms with van der Waals surface area (Å²) in [6.45, 7) is 12.7. The molecule has 0 unspecified atom stereocenters. The van der Waals surface area contributed by atoms with E-state index in [2.05, 4.69) is 65.8 Å². The lowest BCUT2D eigenvalue weighted by Gasteiger charge is -2.14. The quantitative estimate of drug-likeness (QED) is 0.716. The number of rotatable bonds is 2. The molecular formula is C21H25N3. The molecule has 3 rings (SSSR count). The average Bonchev–Trinajstić information content (AvgIpc) is 2.79. The highest BCUT2D eigenvalue weighted by Gasteiger charge is 2.13. The molecule has 1 aromatic heterocycles. The van der Waals surface area contributed by atoms with Crippen molar-refractivity contribution < 1.29 is 0 Å². The molecule has 0 saturated carbocycles. The number of benzene rings is 2. The summed E-state index contributed by atoms with van der Waals surface area (Å²) in [6.07, 6.45) is 3.98. The second-order valence-electron chi connectivity index (χ2n) is 6.86. The van der Waals surface area contributed by atoms with Crippen molar-refractivity contribution in [3.05, 3.63) is 75.7 Å². The van der Waals surface area contributed by atoms with Crippen LogP contribution in [-0.2, 0) is 0 Å². The molecule has 0 aliphatic rings. The van der Waals surface area contributed by atoms with Gasteiger partial charge in [-0.05, 0) is 63.8 Å². The molecule has 0 saturated heterocycles. The van der Waals surface area contributed by atoms with Crippen LogP contribution >= 0.6 is 0 Å². The Hall–Kier alpha value is -2.55. The van der Waals surface area contributed by atoms with Crippen LogP contribution in [0.25, 0.3) is 11.4 Å². The molecule has 0 bridgehead atoms. The van der Waals surface area contributed by atoms with E-state index in [1.54, 1.807) is 0 Å². The molecule has 0 atom stereocenters. The van der Waals surface area contributed by atoms with E-state index < -0.39 is 0 Å². The molecule has 0 radical (unpaired) electrons. The molecule has 3 nitrogen and oxygen atoms in total. The Morgan fingerprint density at radius 1 is 0.583 bits per heavy atom. The Morgan fingerprint density at radius 3 is 1.17 bits per heavy atom. The first kappa shape index (κ1) is 16.3. The van der Waals surface area contributed by atoms with E-state index in [1.807, 2.05) is 21.5 Å². The van der Waals surface area contributed by atoms with Crippen molar-refractivity contribution in [2.45, 2.75) is 41.5 Å². The third-order valence-electron chi connectivity index (χ3n) is 4.57. The third kappa shape index (κ3) is 2.60. The standard InChI is InChI=1S/C21H25N3/c1-13-9-15(3)19(16(4)10-13)23-7-8-24(21(23)22)20-17(5)11-14(2)12-18(20)6/h7-12,22H,1-6H3. The van der Waals surface area contributed by atoms with Crippen LogP contribution < -0.4 is 5.62 Å². The highest BCUT2D eigenvalue weighted by molar-refractivity contribution is 5.52. The van der Waals surface area contributed by atoms with Gasteiger partial charge in [-0.1, -0.05) is 35.4 Å². The molecule has 0 aliphatic heterocycles. The van der Waals surface area contributed by atoms with Crippen LogP contribution in [-0.4, -0.2) is 9.13 Å². The summed E-state index contributed by atoms with van der Waals surface area (Å²) in [7, 11) is 0. The van der Waals surface area contributed by atoms with Gasteiger partial charge in [0.15, 0.2) is 0 Å². The van der Waals surface area contributed by atoms with Crippen molar-refractivity contribution in [1.29, 1.82) is 5.41 Å². The maximum atomic E-state index is 8.72. The molecule has 1 N–H and O–H groups in total. The lowest BCUT2D eigenvalue weighted by molar-refractivity contribution is 0.822. The Morgan fingerprint density at radius 2 is 0.875 bits per heavy atom. The smallest absolute Gasteiger partial charge is 0.211 e.